The number of nitrogens with one attached hydrogen (secondary N) is 1. The molecule has 2 aliphatic carbocycles. The van der Waals surface area contributed by atoms with E-state index in [1.807, 2.05) is 0 Å². The van der Waals surface area contributed by atoms with E-state index < -0.39 is 0 Å². The monoisotopic (exact) mass is 249 g/mol. The Balaban J connectivity index is 1.81. The van der Waals surface area contributed by atoms with E-state index in [0.29, 0.717) is 5.92 Å². The van der Waals surface area contributed by atoms with Crippen LogP contribution in [0.2, 0.25) is 0 Å². The molecule has 2 fully saturated rings. The molecule has 0 radical (unpaired) electrons. The fourth-order valence-corrected chi connectivity index (χ4v) is 3.41. The van der Waals surface area contributed by atoms with Crippen LogP contribution in [0.4, 0.5) is 0 Å². The van der Waals surface area contributed by atoms with Gasteiger partial charge in [0.1, 0.15) is 5.54 Å². The second-order valence-electron chi connectivity index (χ2n) is 6.20. The van der Waals surface area contributed by atoms with Crippen molar-refractivity contribution in [1.82, 2.24) is 10.2 Å². The van der Waals surface area contributed by atoms with Gasteiger partial charge in [-0.3, -0.25) is 5.32 Å². The van der Waals surface area contributed by atoms with Crippen LogP contribution in [-0.2, 0) is 0 Å². The van der Waals surface area contributed by atoms with Gasteiger partial charge in [-0.1, -0.05) is 13.3 Å². The minimum absolute atomic E-state index is 0.227. The van der Waals surface area contributed by atoms with Gasteiger partial charge in [-0.2, -0.15) is 5.26 Å². The maximum absolute atomic E-state index is 9.51. The lowest BCUT2D eigenvalue weighted by molar-refractivity contribution is 0.246. The molecule has 2 saturated carbocycles. The summed E-state index contributed by atoms with van der Waals surface area (Å²) in [6, 6.07) is 2.58. The average Bonchev–Trinajstić information content (AvgIpc) is 3.07. The molecule has 102 valence electrons. The second kappa shape index (κ2) is 6.04. The highest BCUT2D eigenvalue weighted by molar-refractivity contribution is 5.14. The lowest BCUT2D eigenvalue weighted by Crippen LogP contribution is -2.47. The quantitative estimate of drug-likeness (QED) is 0.753. The minimum Gasteiger partial charge on any atom is -0.306 e. The van der Waals surface area contributed by atoms with Crippen molar-refractivity contribution in [3.05, 3.63) is 0 Å². The maximum atomic E-state index is 9.51. The van der Waals surface area contributed by atoms with Crippen molar-refractivity contribution < 1.29 is 0 Å². The summed E-state index contributed by atoms with van der Waals surface area (Å²) < 4.78 is 0. The van der Waals surface area contributed by atoms with Gasteiger partial charge in [-0.15, -0.1) is 0 Å². The number of hydrogen-bond acceptors (Lipinski definition) is 3. The smallest absolute Gasteiger partial charge is 0.109 e. The Morgan fingerprint density at radius 1 is 1.39 bits per heavy atom. The zero-order chi connectivity index (χ0) is 13.0. The molecule has 2 rings (SSSR count). The Hall–Kier alpha value is -0.590. The first kappa shape index (κ1) is 13.8. The normalized spacial score (nSPS) is 31.8. The average molecular weight is 249 g/mol. The summed E-state index contributed by atoms with van der Waals surface area (Å²) in [6.45, 7) is 5.42. The number of nitrogens with zero attached hydrogens (tertiary/aromatic N) is 2. The van der Waals surface area contributed by atoms with Gasteiger partial charge < -0.3 is 4.90 Å². The summed E-state index contributed by atoms with van der Waals surface area (Å²) >= 11 is 0. The lowest BCUT2D eigenvalue weighted by Gasteiger charge is -2.30. The van der Waals surface area contributed by atoms with Crippen LogP contribution in [0.25, 0.3) is 0 Å². The van der Waals surface area contributed by atoms with E-state index in [9.17, 15) is 5.26 Å². The van der Waals surface area contributed by atoms with Crippen LogP contribution in [0.15, 0.2) is 0 Å². The first-order valence-electron chi connectivity index (χ1n) is 7.55. The SMILES string of the molecule is CCNC1(C#N)CCCC1CCN(C)CC1CC1. The van der Waals surface area contributed by atoms with Crippen LogP contribution in [0.5, 0.6) is 0 Å². The summed E-state index contributed by atoms with van der Waals surface area (Å²) in [7, 11) is 2.23. The van der Waals surface area contributed by atoms with Crippen LogP contribution >= 0.6 is 0 Å². The molecule has 0 aromatic heterocycles. The van der Waals surface area contributed by atoms with Gasteiger partial charge in [0.2, 0.25) is 0 Å². The second-order valence-corrected chi connectivity index (χ2v) is 6.20. The largest absolute Gasteiger partial charge is 0.306 e. The molecule has 2 atom stereocenters. The number of nitriles is 1. The summed E-state index contributed by atoms with van der Waals surface area (Å²) in [4.78, 5) is 2.46. The molecule has 0 spiro atoms. The zero-order valence-corrected chi connectivity index (χ0v) is 11.9. The molecule has 0 aromatic carbocycles. The Morgan fingerprint density at radius 3 is 2.78 bits per heavy atom. The fraction of sp³-hybridized carbons (Fsp3) is 0.933. The fourth-order valence-electron chi connectivity index (χ4n) is 3.41. The van der Waals surface area contributed by atoms with Crippen molar-refractivity contribution in [3.8, 4) is 6.07 Å². The van der Waals surface area contributed by atoms with Gasteiger partial charge in [0.25, 0.3) is 0 Å². The van der Waals surface area contributed by atoms with E-state index in [1.54, 1.807) is 0 Å². The van der Waals surface area contributed by atoms with E-state index in [4.69, 9.17) is 0 Å². The minimum atomic E-state index is -0.227. The molecule has 0 saturated heterocycles. The Labute approximate surface area is 112 Å². The Morgan fingerprint density at radius 2 is 2.17 bits per heavy atom. The molecule has 0 aromatic rings. The molecule has 0 bridgehead atoms. The van der Waals surface area contributed by atoms with Gasteiger partial charge >= 0.3 is 0 Å². The number of rotatable bonds is 7. The van der Waals surface area contributed by atoms with Crippen molar-refractivity contribution in [3.63, 3.8) is 0 Å². The molecule has 18 heavy (non-hydrogen) atoms. The molecule has 3 heteroatoms. The van der Waals surface area contributed by atoms with Crippen LogP contribution in [-0.4, -0.2) is 37.1 Å². The third-order valence-corrected chi connectivity index (χ3v) is 4.64. The predicted molar refractivity (Wildman–Crippen MR) is 74.2 cm³/mol. The topological polar surface area (TPSA) is 39.1 Å². The van der Waals surface area contributed by atoms with E-state index in [-0.39, 0.29) is 5.54 Å². The summed E-state index contributed by atoms with van der Waals surface area (Å²) in [5.74, 6) is 1.51. The van der Waals surface area contributed by atoms with Crippen molar-refractivity contribution in [2.24, 2.45) is 11.8 Å². The molecule has 0 aliphatic heterocycles. The third kappa shape index (κ3) is 3.24. The van der Waals surface area contributed by atoms with Gasteiger partial charge in [-0.25, -0.2) is 0 Å². The van der Waals surface area contributed by atoms with Gasteiger partial charge in [0.05, 0.1) is 6.07 Å². The molecular formula is C15H27N3. The van der Waals surface area contributed by atoms with Gasteiger partial charge in [0, 0.05) is 6.54 Å². The summed E-state index contributed by atoms with van der Waals surface area (Å²) in [5.41, 5.74) is -0.227. The summed E-state index contributed by atoms with van der Waals surface area (Å²) in [6.07, 6.45) is 7.48. The molecule has 3 nitrogen and oxygen atoms in total. The van der Waals surface area contributed by atoms with E-state index in [0.717, 1.165) is 25.4 Å². The highest BCUT2D eigenvalue weighted by Gasteiger charge is 2.42. The first-order chi connectivity index (χ1) is 8.70. The Kier molecular flexibility index (Phi) is 4.64. The van der Waals surface area contributed by atoms with Crippen LogP contribution in [0.3, 0.4) is 0 Å². The van der Waals surface area contributed by atoms with Crippen LogP contribution in [0, 0.1) is 23.2 Å². The number of hydrogen-bond donors (Lipinski definition) is 1. The van der Waals surface area contributed by atoms with Crippen molar-refractivity contribution in [2.45, 2.75) is 51.0 Å². The maximum Gasteiger partial charge on any atom is 0.109 e. The summed E-state index contributed by atoms with van der Waals surface area (Å²) in [5, 5.41) is 13.0. The molecule has 2 aliphatic rings. The van der Waals surface area contributed by atoms with E-state index >= 15 is 0 Å². The Bertz CT molecular complexity index is 305. The molecular weight excluding hydrogens is 222 g/mol. The predicted octanol–water partition coefficient (Wildman–Crippen LogP) is 2.39. The molecule has 2 unspecified atom stereocenters. The third-order valence-electron chi connectivity index (χ3n) is 4.64. The molecule has 0 amide bonds. The van der Waals surface area contributed by atoms with Crippen molar-refractivity contribution >= 4 is 0 Å². The first-order valence-corrected chi connectivity index (χ1v) is 7.55. The highest BCUT2D eigenvalue weighted by atomic mass is 15.1. The highest BCUT2D eigenvalue weighted by Crippen LogP contribution is 2.38. The van der Waals surface area contributed by atoms with E-state index in [2.05, 4.69) is 30.3 Å². The molecule has 0 heterocycles. The van der Waals surface area contributed by atoms with Gasteiger partial charge in [0.15, 0.2) is 0 Å². The lowest BCUT2D eigenvalue weighted by atomic mass is 9.85. The standard InChI is InChI=1S/C15H27N3/c1-3-17-15(12-16)9-4-5-14(15)8-10-18(2)11-13-6-7-13/h13-14,17H,3-11H2,1-2H3. The van der Waals surface area contributed by atoms with Crippen molar-refractivity contribution in [2.75, 3.05) is 26.7 Å². The zero-order valence-electron chi connectivity index (χ0n) is 11.9. The van der Waals surface area contributed by atoms with Crippen LogP contribution in [0.1, 0.15) is 45.4 Å². The van der Waals surface area contributed by atoms with Crippen LogP contribution < -0.4 is 5.32 Å². The van der Waals surface area contributed by atoms with E-state index in [1.165, 1.54) is 38.6 Å². The van der Waals surface area contributed by atoms with Gasteiger partial charge in [-0.05, 0) is 64.1 Å². The molecule has 1 N–H and O–H groups in total. The van der Waals surface area contributed by atoms with Crippen molar-refractivity contribution in [1.29, 1.82) is 5.26 Å².